The number of aldehydes is 2. The highest BCUT2D eigenvalue weighted by Crippen LogP contribution is 2.06. The lowest BCUT2D eigenvalue weighted by molar-refractivity contribution is -0.115. The van der Waals surface area contributed by atoms with Crippen LogP contribution in [0.2, 0.25) is 0 Å². The lowest BCUT2D eigenvalue weighted by Gasteiger charge is -2.17. The van der Waals surface area contributed by atoms with Crippen molar-refractivity contribution in [1.29, 1.82) is 0 Å². The average Bonchev–Trinajstić information content (AvgIpc) is 2.05. The number of hydrogen-bond donors (Lipinski definition) is 0. The van der Waals surface area contributed by atoms with Crippen LogP contribution in [0.25, 0.3) is 0 Å². The Bertz CT molecular complexity index is 124. The molecule has 0 saturated carbocycles. The Balaban J connectivity index is 3.75. The molecule has 0 aliphatic rings. The van der Waals surface area contributed by atoms with Crippen molar-refractivity contribution < 1.29 is 14.3 Å². The van der Waals surface area contributed by atoms with Gasteiger partial charge in [0.2, 0.25) is 0 Å². The summed E-state index contributed by atoms with van der Waals surface area (Å²) in [4.78, 5) is 20.3. The predicted octanol–water partition coefficient (Wildman–Crippen LogP) is 1.35. The first-order valence-corrected chi connectivity index (χ1v) is 4.27. The van der Waals surface area contributed by atoms with Crippen LogP contribution < -0.4 is 0 Å². The molecule has 3 nitrogen and oxygen atoms in total. The maximum absolute atomic E-state index is 10.2. The quantitative estimate of drug-likeness (QED) is 0.544. The van der Waals surface area contributed by atoms with Crippen LogP contribution in [0.5, 0.6) is 0 Å². The molecule has 0 aromatic rings. The van der Waals surface area contributed by atoms with Gasteiger partial charge in [-0.3, -0.25) is 0 Å². The maximum Gasteiger partial charge on any atom is 0.122 e. The fourth-order valence-corrected chi connectivity index (χ4v) is 0.847. The van der Waals surface area contributed by atoms with Gasteiger partial charge in [-0.1, -0.05) is 6.92 Å². The Morgan fingerprint density at radius 3 is 2.08 bits per heavy atom. The zero-order valence-electron chi connectivity index (χ0n) is 7.66. The number of carbonyl (C=O) groups is 2. The SMILES string of the molecule is CCC(C)OC(CC=O)CC=O. The van der Waals surface area contributed by atoms with Crippen LogP contribution in [0.4, 0.5) is 0 Å². The molecular formula is C9H16O3. The van der Waals surface area contributed by atoms with Crippen molar-refractivity contribution in [3.8, 4) is 0 Å². The van der Waals surface area contributed by atoms with Gasteiger partial charge < -0.3 is 14.3 Å². The molecule has 0 heterocycles. The Labute approximate surface area is 73.1 Å². The predicted molar refractivity (Wildman–Crippen MR) is 46.0 cm³/mol. The van der Waals surface area contributed by atoms with Crippen molar-refractivity contribution in [1.82, 2.24) is 0 Å². The van der Waals surface area contributed by atoms with E-state index in [9.17, 15) is 9.59 Å². The van der Waals surface area contributed by atoms with E-state index in [-0.39, 0.29) is 12.2 Å². The normalized spacial score (nSPS) is 12.9. The minimum atomic E-state index is -0.227. The Hall–Kier alpha value is -0.700. The van der Waals surface area contributed by atoms with Crippen LogP contribution in [-0.4, -0.2) is 24.8 Å². The molecule has 0 saturated heterocycles. The van der Waals surface area contributed by atoms with Gasteiger partial charge in [0.05, 0.1) is 12.2 Å². The molecule has 12 heavy (non-hydrogen) atoms. The van der Waals surface area contributed by atoms with Gasteiger partial charge in [-0.15, -0.1) is 0 Å². The third-order valence-electron chi connectivity index (χ3n) is 1.72. The average molecular weight is 172 g/mol. The van der Waals surface area contributed by atoms with Crippen LogP contribution in [0.3, 0.4) is 0 Å². The Kier molecular flexibility index (Phi) is 6.57. The summed E-state index contributed by atoms with van der Waals surface area (Å²) in [6.45, 7) is 3.94. The second kappa shape index (κ2) is 6.98. The summed E-state index contributed by atoms with van der Waals surface area (Å²) in [6, 6.07) is 0. The molecule has 0 fully saturated rings. The summed E-state index contributed by atoms with van der Waals surface area (Å²) in [6.07, 6.45) is 2.98. The molecule has 0 rings (SSSR count). The first kappa shape index (κ1) is 11.3. The van der Waals surface area contributed by atoms with Crippen molar-refractivity contribution in [3.05, 3.63) is 0 Å². The summed E-state index contributed by atoms with van der Waals surface area (Å²) >= 11 is 0. The van der Waals surface area contributed by atoms with Gasteiger partial charge in [-0.25, -0.2) is 0 Å². The molecule has 70 valence electrons. The van der Waals surface area contributed by atoms with Gasteiger partial charge in [0, 0.05) is 12.8 Å². The number of carbonyl (C=O) groups excluding carboxylic acids is 2. The highest BCUT2D eigenvalue weighted by Gasteiger charge is 2.10. The fraction of sp³-hybridized carbons (Fsp3) is 0.778. The molecule has 0 aliphatic heterocycles. The van der Waals surface area contributed by atoms with Crippen molar-refractivity contribution in [2.24, 2.45) is 0 Å². The molecule has 0 spiro atoms. The second-order valence-electron chi connectivity index (χ2n) is 2.78. The molecule has 1 unspecified atom stereocenters. The minimum absolute atomic E-state index is 0.120. The first-order valence-electron chi connectivity index (χ1n) is 4.27. The number of rotatable bonds is 7. The van der Waals surface area contributed by atoms with Gasteiger partial charge in [-0.05, 0) is 13.3 Å². The lowest BCUT2D eigenvalue weighted by atomic mass is 10.2. The van der Waals surface area contributed by atoms with E-state index in [1.807, 2.05) is 13.8 Å². The van der Waals surface area contributed by atoms with E-state index in [1.165, 1.54) is 0 Å². The van der Waals surface area contributed by atoms with Crippen molar-refractivity contribution in [2.75, 3.05) is 0 Å². The molecule has 0 amide bonds. The summed E-state index contributed by atoms with van der Waals surface area (Å²) in [5, 5.41) is 0. The fourth-order valence-electron chi connectivity index (χ4n) is 0.847. The highest BCUT2D eigenvalue weighted by molar-refractivity contribution is 5.54. The second-order valence-corrected chi connectivity index (χ2v) is 2.78. The van der Waals surface area contributed by atoms with E-state index in [1.54, 1.807) is 0 Å². The van der Waals surface area contributed by atoms with Gasteiger partial charge in [0.15, 0.2) is 0 Å². The summed E-state index contributed by atoms with van der Waals surface area (Å²) < 4.78 is 5.42. The largest absolute Gasteiger partial charge is 0.374 e. The van der Waals surface area contributed by atoms with Gasteiger partial charge >= 0.3 is 0 Å². The molecule has 0 radical (unpaired) electrons. The monoisotopic (exact) mass is 172 g/mol. The number of ether oxygens (including phenoxy) is 1. The maximum atomic E-state index is 10.2. The van der Waals surface area contributed by atoms with E-state index >= 15 is 0 Å². The Morgan fingerprint density at radius 2 is 1.75 bits per heavy atom. The van der Waals surface area contributed by atoms with Crippen LogP contribution in [0.1, 0.15) is 33.1 Å². The first-order chi connectivity index (χ1) is 5.74. The minimum Gasteiger partial charge on any atom is -0.374 e. The van der Waals surface area contributed by atoms with Crippen LogP contribution in [0.15, 0.2) is 0 Å². The molecule has 0 aromatic carbocycles. The Morgan fingerprint density at radius 1 is 1.25 bits per heavy atom. The van der Waals surface area contributed by atoms with E-state index in [2.05, 4.69) is 0 Å². The van der Waals surface area contributed by atoms with Crippen molar-refractivity contribution >= 4 is 12.6 Å². The van der Waals surface area contributed by atoms with E-state index in [4.69, 9.17) is 4.74 Å². The zero-order valence-corrected chi connectivity index (χ0v) is 7.66. The topological polar surface area (TPSA) is 43.4 Å². The molecule has 0 aromatic heterocycles. The van der Waals surface area contributed by atoms with Gasteiger partial charge in [0.1, 0.15) is 12.6 Å². The van der Waals surface area contributed by atoms with Crippen LogP contribution in [-0.2, 0) is 14.3 Å². The summed E-state index contributed by atoms with van der Waals surface area (Å²) in [5.41, 5.74) is 0. The smallest absolute Gasteiger partial charge is 0.122 e. The molecular weight excluding hydrogens is 156 g/mol. The van der Waals surface area contributed by atoms with Crippen molar-refractivity contribution in [2.45, 2.75) is 45.3 Å². The van der Waals surface area contributed by atoms with Gasteiger partial charge in [0.25, 0.3) is 0 Å². The van der Waals surface area contributed by atoms with E-state index in [0.29, 0.717) is 12.8 Å². The van der Waals surface area contributed by atoms with Crippen LogP contribution >= 0.6 is 0 Å². The number of hydrogen-bond acceptors (Lipinski definition) is 3. The standard InChI is InChI=1S/C9H16O3/c1-3-8(2)12-9(4-6-10)5-7-11/h6-9H,3-5H2,1-2H3. The third kappa shape index (κ3) is 5.02. The molecule has 0 bridgehead atoms. The third-order valence-corrected chi connectivity index (χ3v) is 1.72. The van der Waals surface area contributed by atoms with Crippen LogP contribution in [0, 0.1) is 0 Å². The summed E-state index contributed by atoms with van der Waals surface area (Å²) in [7, 11) is 0. The van der Waals surface area contributed by atoms with Gasteiger partial charge in [-0.2, -0.15) is 0 Å². The summed E-state index contributed by atoms with van der Waals surface area (Å²) in [5.74, 6) is 0. The highest BCUT2D eigenvalue weighted by atomic mass is 16.5. The molecule has 0 N–H and O–H groups in total. The lowest BCUT2D eigenvalue weighted by Crippen LogP contribution is -2.20. The molecule has 1 atom stereocenters. The van der Waals surface area contributed by atoms with E-state index < -0.39 is 0 Å². The molecule has 3 heteroatoms. The van der Waals surface area contributed by atoms with Crippen molar-refractivity contribution in [3.63, 3.8) is 0 Å². The molecule has 0 aliphatic carbocycles. The zero-order chi connectivity index (χ0) is 9.40. The van der Waals surface area contributed by atoms with E-state index in [0.717, 1.165) is 19.0 Å².